The average molecular weight is 349 g/mol. The minimum Gasteiger partial charge on any atom is -0.372 e. The van der Waals surface area contributed by atoms with Gasteiger partial charge in [0.15, 0.2) is 0 Å². The minimum atomic E-state index is 0.477. The van der Waals surface area contributed by atoms with E-state index in [9.17, 15) is 0 Å². The minimum absolute atomic E-state index is 0.477. The summed E-state index contributed by atoms with van der Waals surface area (Å²) in [6.45, 7) is 4.60. The van der Waals surface area contributed by atoms with Crippen molar-refractivity contribution in [2.75, 3.05) is 31.6 Å². The first kappa shape index (κ1) is 15.4. The molecule has 1 saturated heterocycles. The molecular weight excluding hydrogens is 324 g/mol. The van der Waals surface area contributed by atoms with Crippen LogP contribution in [0.5, 0.6) is 0 Å². The molecule has 2 aliphatic heterocycles. The van der Waals surface area contributed by atoms with Crippen molar-refractivity contribution in [1.29, 1.82) is 0 Å². The number of anilines is 1. The van der Waals surface area contributed by atoms with E-state index in [-0.39, 0.29) is 0 Å². The van der Waals surface area contributed by atoms with Crippen molar-refractivity contribution in [1.82, 2.24) is 4.90 Å². The van der Waals surface area contributed by atoms with Gasteiger partial charge in [-0.3, -0.25) is 0 Å². The first-order valence-electron chi connectivity index (χ1n) is 9.31. The fraction of sp³-hybridized carbons (Fsp3) is 0.364. The number of fused-ring (bicyclic) bond motifs is 2. The molecule has 2 aromatic carbocycles. The summed E-state index contributed by atoms with van der Waals surface area (Å²) in [4.78, 5) is 5.01. The summed E-state index contributed by atoms with van der Waals surface area (Å²) in [6.07, 6.45) is 2.67. The predicted molar refractivity (Wildman–Crippen MR) is 108 cm³/mol. The Bertz CT molecular complexity index is 907. The standard InChI is InChI=1S/C22H24N2S/c1-23-14-18-13-19(24-9-2-3-10-24)5-6-20(18)21(15-23)16-4-7-22-17(12-16)8-11-25-22/h4-8,11-13,21H,2-3,9-10,14-15H2,1H3. The third-order valence-corrected chi connectivity index (χ3v) is 6.68. The van der Waals surface area contributed by atoms with E-state index in [2.05, 4.69) is 64.7 Å². The Balaban J connectivity index is 1.55. The summed E-state index contributed by atoms with van der Waals surface area (Å²) < 4.78 is 1.39. The van der Waals surface area contributed by atoms with Crippen LogP contribution >= 0.6 is 11.3 Å². The van der Waals surface area contributed by atoms with Crippen LogP contribution in [0.1, 0.15) is 35.4 Å². The molecule has 0 amide bonds. The number of rotatable bonds is 2. The molecule has 0 aliphatic carbocycles. The van der Waals surface area contributed by atoms with Crippen molar-refractivity contribution >= 4 is 27.1 Å². The van der Waals surface area contributed by atoms with Gasteiger partial charge < -0.3 is 9.80 Å². The van der Waals surface area contributed by atoms with Gasteiger partial charge in [-0.05, 0) is 77.7 Å². The fourth-order valence-electron chi connectivity index (χ4n) is 4.49. The van der Waals surface area contributed by atoms with Crippen LogP contribution < -0.4 is 4.90 Å². The smallest absolute Gasteiger partial charge is 0.0369 e. The first-order valence-corrected chi connectivity index (χ1v) is 10.2. The van der Waals surface area contributed by atoms with Gasteiger partial charge in [0, 0.05) is 42.5 Å². The Morgan fingerprint density at radius 2 is 1.88 bits per heavy atom. The number of nitrogens with zero attached hydrogens (tertiary/aromatic N) is 2. The lowest BCUT2D eigenvalue weighted by Gasteiger charge is -2.33. The molecule has 1 fully saturated rings. The maximum atomic E-state index is 2.54. The van der Waals surface area contributed by atoms with E-state index in [1.165, 1.54) is 58.4 Å². The van der Waals surface area contributed by atoms with E-state index < -0.39 is 0 Å². The quantitative estimate of drug-likeness (QED) is 0.637. The Morgan fingerprint density at radius 1 is 1.00 bits per heavy atom. The van der Waals surface area contributed by atoms with Crippen molar-refractivity contribution in [2.24, 2.45) is 0 Å². The third-order valence-electron chi connectivity index (χ3n) is 5.79. The summed E-state index contributed by atoms with van der Waals surface area (Å²) in [5, 5.41) is 3.57. The van der Waals surface area contributed by atoms with Gasteiger partial charge in [0.1, 0.15) is 0 Å². The molecule has 0 radical (unpaired) electrons. The number of benzene rings is 2. The van der Waals surface area contributed by atoms with Crippen molar-refractivity contribution in [3.8, 4) is 0 Å². The Kier molecular flexibility index (Phi) is 3.79. The molecule has 0 bridgehead atoms. The van der Waals surface area contributed by atoms with Gasteiger partial charge in [0.2, 0.25) is 0 Å². The van der Waals surface area contributed by atoms with E-state index in [1.54, 1.807) is 0 Å². The van der Waals surface area contributed by atoms with Crippen LogP contribution in [0.4, 0.5) is 5.69 Å². The summed E-state index contributed by atoms with van der Waals surface area (Å²) >= 11 is 1.83. The maximum absolute atomic E-state index is 2.54. The van der Waals surface area contributed by atoms with Gasteiger partial charge in [0.05, 0.1) is 0 Å². The second-order valence-corrected chi connectivity index (χ2v) is 8.49. The highest BCUT2D eigenvalue weighted by molar-refractivity contribution is 7.17. The number of hydrogen-bond donors (Lipinski definition) is 0. The van der Waals surface area contributed by atoms with E-state index in [0.29, 0.717) is 5.92 Å². The molecule has 0 spiro atoms. The Hall–Kier alpha value is -1.84. The Labute approximate surface area is 153 Å². The van der Waals surface area contributed by atoms with Crippen molar-refractivity contribution < 1.29 is 0 Å². The lowest BCUT2D eigenvalue weighted by atomic mass is 9.84. The Morgan fingerprint density at radius 3 is 2.76 bits per heavy atom. The van der Waals surface area contributed by atoms with Crippen LogP contribution in [0, 0.1) is 0 Å². The molecule has 5 rings (SSSR count). The molecule has 3 heteroatoms. The van der Waals surface area contributed by atoms with E-state index >= 15 is 0 Å². The molecule has 25 heavy (non-hydrogen) atoms. The van der Waals surface area contributed by atoms with Crippen LogP contribution in [0.15, 0.2) is 47.8 Å². The van der Waals surface area contributed by atoms with E-state index in [1.807, 2.05) is 11.3 Å². The molecule has 1 unspecified atom stereocenters. The molecule has 0 N–H and O–H groups in total. The summed E-state index contributed by atoms with van der Waals surface area (Å²) in [6, 6.07) is 16.5. The van der Waals surface area contributed by atoms with Gasteiger partial charge in [-0.2, -0.15) is 0 Å². The van der Waals surface area contributed by atoms with Crippen molar-refractivity contribution in [3.05, 3.63) is 64.5 Å². The van der Waals surface area contributed by atoms with Crippen LogP contribution in [0.3, 0.4) is 0 Å². The number of hydrogen-bond acceptors (Lipinski definition) is 3. The summed E-state index contributed by atoms with van der Waals surface area (Å²) in [7, 11) is 2.25. The zero-order valence-corrected chi connectivity index (χ0v) is 15.6. The van der Waals surface area contributed by atoms with Crippen molar-refractivity contribution in [2.45, 2.75) is 25.3 Å². The first-order chi connectivity index (χ1) is 12.3. The molecule has 2 nitrogen and oxygen atoms in total. The van der Waals surface area contributed by atoms with E-state index in [0.717, 1.165) is 13.1 Å². The van der Waals surface area contributed by atoms with Gasteiger partial charge in [0.25, 0.3) is 0 Å². The summed E-state index contributed by atoms with van der Waals surface area (Å²) in [5.74, 6) is 0.477. The number of likely N-dealkylation sites (N-methyl/N-ethyl adjacent to an activating group) is 1. The predicted octanol–water partition coefficient (Wildman–Crippen LogP) is 5.08. The molecule has 3 heterocycles. The highest BCUT2D eigenvalue weighted by Gasteiger charge is 2.26. The molecule has 3 aromatic rings. The SMILES string of the molecule is CN1Cc2cc(N3CCCC3)ccc2C(c2ccc3sccc3c2)C1. The number of thiophene rings is 1. The van der Waals surface area contributed by atoms with Crippen LogP contribution in [-0.2, 0) is 6.54 Å². The van der Waals surface area contributed by atoms with Gasteiger partial charge in [-0.1, -0.05) is 12.1 Å². The van der Waals surface area contributed by atoms with Crippen LogP contribution in [0.2, 0.25) is 0 Å². The molecular formula is C22H24N2S. The highest BCUT2D eigenvalue weighted by Crippen LogP contribution is 2.37. The topological polar surface area (TPSA) is 6.48 Å². The maximum Gasteiger partial charge on any atom is 0.0369 e. The van der Waals surface area contributed by atoms with Gasteiger partial charge in [-0.15, -0.1) is 11.3 Å². The normalized spacial score (nSPS) is 21.0. The molecule has 128 valence electrons. The molecule has 0 saturated carbocycles. The largest absolute Gasteiger partial charge is 0.372 e. The molecule has 2 aliphatic rings. The van der Waals surface area contributed by atoms with Gasteiger partial charge >= 0.3 is 0 Å². The van der Waals surface area contributed by atoms with Crippen molar-refractivity contribution in [3.63, 3.8) is 0 Å². The second-order valence-electron chi connectivity index (χ2n) is 7.54. The van der Waals surface area contributed by atoms with Crippen LogP contribution in [-0.4, -0.2) is 31.6 Å². The summed E-state index contributed by atoms with van der Waals surface area (Å²) in [5.41, 5.74) is 5.90. The molecule has 1 atom stereocenters. The zero-order valence-electron chi connectivity index (χ0n) is 14.7. The van der Waals surface area contributed by atoms with E-state index in [4.69, 9.17) is 0 Å². The monoisotopic (exact) mass is 348 g/mol. The van der Waals surface area contributed by atoms with Gasteiger partial charge in [-0.25, -0.2) is 0 Å². The fourth-order valence-corrected chi connectivity index (χ4v) is 5.26. The third kappa shape index (κ3) is 2.76. The average Bonchev–Trinajstić information content (AvgIpc) is 3.31. The highest BCUT2D eigenvalue weighted by atomic mass is 32.1. The molecule has 1 aromatic heterocycles. The zero-order chi connectivity index (χ0) is 16.8. The lowest BCUT2D eigenvalue weighted by molar-refractivity contribution is 0.295. The van der Waals surface area contributed by atoms with Crippen LogP contribution in [0.25, 0.3) is 10.1 Å². The lowest BCUT2D eigenvalue weighted by Crippen LogP contribution is -2.31. The second kappa shape index (κ2) is 6.15.